The molecule has 124 valence electrons. The smallest absolute Gasteiger partial charge is 0.269 e. The largest absolute Gasteiger partial charge is 0.298 e. The highest BCUT2D eigenvalue weighted by atomic mass is 32.1. The Labute approximate surface area is 149 Å². The molecule has 0 saturated heterocycles. The highest BCUT2D eigenvalue weighted by Gasteiger charge is 2.12. The van der Waals surface area contributed by atoms with Crippen LogP contribution in [-0.4, -0.2) is 21.9 Å². The fourth-order valence-electron chi connectivity index (χ4n) is 2.31. The summed E-state index contributed by atoms with van der Waals surface area (Å²) in [6, 6.07) is 16.1. The van der Waals surface area contributed by atoms with Gasteiger partial charge in [-0.1, -0.05) is 36.4 Å². The van der Waals surface area contributed by atoms with E-state index >= 15 is 0 Å². The van der Waals surface area contributed by atoms with Gasteiger partial charge in [0, 0.05) is 23.5 Å². The summed E-state index contributed by atoms with van der Waals surface area (Å²) >= 11 is 5.05. The Bertz CT molecular complexity index is 939. The van der Waals surface area contributed by atoms with E-state index in [0.29, 0.717) is 11.1 Å². The number of hydrazine groups is 1. The quantitative estimate of drug-likeness (QED) is 0.487. The summed E-state index contributed by atoms with van der Waals surface area (Å²) in [5, 5.41) is 4.33. The van der Waals surface area contributed by atoms with E-state index in [1.807, 2.05) is 30.3 Å². The number of benzene rings is 2. The van der Waals surface area contributed by atoms with Crippen molar-refractivity contribution in [3.8, 4) is 0 Å². The Morgan fingerprint density at radius 3 is 2.36 bits per heavy atom. The Morgan fingerprint density at radius 1 is 0.840 bits per heavy atom. The van der Waals surface area contributed by atoms with Crippen LogP contribution >= 0.6 is 12.2 Å². The summed E-state index contributed by atoms with van der Waals surface area (Å²) in [4.78, 5) is 28.2. The number of nitrogens with zero attached hydrogens (tertiary/aromatic N) is 1. The van der Waals surface area contributed by atoms with Crippen LogP contribution in [0.25, 0.3) is 10.8 Å². The molecule has 2 aromatic carbocycles. The van der Waals surface area contributed by atoms with Gasteiger partial charge in [0.25, 0.3) is 11.8 Å². The van der Waals surface area contributed by atoms with Crippen LogP contribution in [0.5, 0.6) is 0 Å². The molecular formula is C18H14N4O2S. The van der Waals surface area contributed by atoms with Crippen molar-refractivity contribution in [3.05, 3.63) is 78.1 Å². The molecule has 0 fully saturated rings. The Balaban J connectivity index is 1.63. The molecule has 25 heavy (non-hydrogen) atoms. The molecule has 0 radical (unpaired) electrons. The first-order chi connectivity index (χ1) is 12.1. The second-order valence-electron chi connectivity index (χ2n) is 5.12. The minimum absolute atomic E-state index is 0.000315. The van der Waals surface area contributed by atoms with Gasteiger partial charge in [-0.05, 0) is 41.2 Å². The van der Waals surface area contributed by atoms with Crippen LogP contribution in [0.1, 0.15) is 20.7 Å². The van der Waals surface area contributed by atoms with E-state index in [0.717, 1.165) is 10.8 Å². The number of aromatic nitrogens is 1. The molecule has 0 aliphatic carbocycles. The SMILES string of the molecule is O=C(NNC(=S)NC(=O)c1cccc2ccccc12)c1ccncc1. The lowest BCUT2D eigenvalue weighted by atomic mass is 10.0. The second-order valence-corrected chi connectivity index (χ2v) is 5.53. The van der Waals surface area contributed by atoms with Gasteiger partial charge >= 0.3 is 0 Å². The van der Waals surface area contributed by atoms with E-state index in [4.69, 9.17) is 12.2 Å². The number of pyridine rings is 1. The van der Waals surface area contributed by atoms with Gasteiger partial charge in [0.05, 0.1) is 0 Å². The standard InChI is InChI=1S/C18H14N4O2S/c23-16(13-8-10-19-11-9-13)21-22-18(25)20-17(24)15-7-3-5-12-4-1-2-6-14(12)15/h1-11H,(H,21,23)(H2,20,22,24,25). The first kappa shape index (κ1) is 16.5. The number of thiocarbonyl (C=S) groups is 1. The van der Waals surface area contributed by atoms with Crippen LogP contribution in [-0.2, 0) is 0 Å². The van der Waals surface area contributed by atoms with Crippen molar-refractivity contribution >= 4 is 39.9 Å². The van der Waals surface area contributed by atoms with Crippen molar-refractivity contribution in [1.29, 1.82) is 0 Å². The number of rotatable bonds is 2. The highest BCUT2D eigenvalue weighted by Crippen LogP contribution is 2.18. The molecule has 0 aliphatic heterocycles. The molecule has 1 aromatic heterocycles. The molecule has 3 rings (SSSR count). The minimum atomic E-state index is -0.385. The molecule has 3 aromatic rings. The fraction of sp³-hybridized carbons (Fsp3) is 0. The third-order valence-corrected chi connectivity index (χ3v) is 3.70. The topological polar surface area (TPSA) is 83.1 Å². The number of hydrogen-bond acceptors (Lipinski definition) is 4. The monoisotopic (exact) mass is 350 g/mol. The maximum Gasteiger partial charge on any atom is 0.269 e. The predicted molar refractivity (Wildman–Crippen MR) is 98.9 cm³/mol. The van der Waals surface area contributed by atoms with E-state index in [-0.39, 0.29) is 16.9 Å². The number of nitrogens with one attached hydrogen (secondary N) is 3. The molecular weight excluding hydrogens is 336 g/mol. The predicted octanol–water partition coefficient (Wildman–Crippen LogP) is 2.18. The van der Waals surface area contributed by atoms with Gasteiger partial charge < -0.3 is 0 Å². The summed E-state index contributed by atoms with van der Waals surface area (Å²) < 4.78 is 0. The minimum Gasteiger partial charge on any atom is -0.298 e. The second kappa shape index (κ2) is 7.50. The van der Waals surface area contributed by atoms with Crippen LogP contribution in [0.2, 0.25) is 0 Å². The molecule has 0 unspecified atom stereocenters. The average Bonchev–Trinajstić information content (AvgIpc) is 2.66. The van der Waals surface area contributed by atoms with Crippen molar-refractivity contribution in [1.82, 2.24) is 21.2 Å². The van der Waals surface area contributed by atoms with Crippen molar-refractivity contribution in [2.45, 2.75) is 0 Å². The normalized spacial score (nSPS) is 10.1. The molecule has 2 amide bonds. The summed E-state index contributed by atoms with van der Waals surface area (Å²) in [5.74, 6) is -0.739. The van der Waals surface area contributed by atoms with Gasteiger partial charge in [-0.25, -0.2) is 0 Å². The number of hydrogen-bond donors (Lipinski definition) is 3. The molecule has 0 bridgehead atoms. The maximum absolute atomic E-state index is 12.4. The Kier molecular flexibility index (Phi) is 4.96. The molecule has 0 saturated carbocycles. The number of carbonyl (C=O) groups excluding carboxylic acids is 2. The van der Waals surface area contributed by atoms with Gasteiger partial charge in [0.2, 0.25) is 0 Å². The molecule has 7 heteroatoms. The van der Waals surface area contributed by atoms with Crippen LogP contribution in [0.4, 0.5) is 0 Å². The summed E-state index contributed by atoms with van der Waals surface area (Å²) in [5.41, 5.74) is 5.85. The number of amides is 2. The lowest BCUT2D eigenvalue weighted by molar-refractivity contribution is 0.0935. The third-order valence-electron chi connectivity index (χ3n) is 3.49. The highest BCUT2D eigenvalue weighted by molar-refractivity contribution is 7.80. The zero-order valence-corrected chi connectivity index (χ0v) is 13.8. The summed E-state index contributed by atoms with van der Waals surface area (Å²) in [6.45, 7) is 0. The van der Waals surface area contributed by atoms with Crippen molar-refractivity contribution < 1.29 is 9.59 Å². The van der Waals surface area contributed by atoms with Crippen LogP contribution in [0.15, 0.2) is 67.0 Å². The number of fused-ring (bicyclic) bond motifs is 1. The molecule has 0 spiro atoms. The Morgan fingerprint density at radius 2 is 1.56 bits per heavy atom. The zero-order chi connectivity index (χ0) is 17.6. The first-order valence-corrected chi connectivity index (χ1v) is 7.85. The average molecular weight is 350 g/mol. The maximum atomic E-state index is 12.4. The first-order valence-electron chi connectivity index (χ1n) is 7.44. The van der Waals surface area contributed by atoms with Gasteiger partial charge in [-0.2, -0.15) is 0 Å². The van der Waals surface area contributed by atoms with Crippen LogP contribution in [0.3, 0.4) is 0 Å². The Hall–Kier alpha value is -3.32. The van der Waals surface area contributed by atoms with E-state index in [2.05, 4.69) is 21.2 Å². The molecule has 0 atom stereocenters. The van der Waals surface area contributed by atoms with E-state index < -0.39 is 0 Å². The van der Waals surface area contributed by atoms with Crippen LogP contribution in [0, 0.1) is 0 Å². The molecule has 3 N–H and O–H groups in total. The van der Waals surface area contributed by atoms with Crippen molar-refractivity contribution in [2.24, 2.45) is 0 Å². The van der Waals surface area contributed by atoms with Crippen LogP contribution < -0.4 is 16.2 Å². The van der Waals surface area contributed by atoms with Gasteiger partial charge in [-0.3, -0.25) is 30.7 Å². The van der Waals surface area contributed by atoms with E-state index in [1.165, 1.54) is 12.4 Å². The van der Waals surface area contributed by atoms with Gasteiger partial charge in [-0.15, -0.1) is 0 Å². The summed E-state index contributed by atoms with van der Waals surface area (Å²) in [6.07, 6.45) is 3.02. The lowest BCUT2D eigenvalue weighted by Crippen LogP contribution is -2.48. The van der Waals surface area contributed by atoms with Crippen molar-refractivity contribution in [2.75, 3.05) is 0 Å². The lowest BCUT2D eigenvalue weighted by Gasteiger charge is -2.11. The molecule has 0 aliphatic rings. The summed E-state index contributed by atoms with van der Waals surface area (Å²) in [7, 11) is 0. The van der Waals surface area contributed by atoms with Gasteiger partial charge in [0.15, 0.2) is 5.11 Å². The van der Waals surface area contributed by atoms with E-state index in [1.54, 1.807) is 24.3 Å². The fourth-order valence-corrected chi connectivity index (χ4v) is 2.46. The molecule has 6 nitrogen and oxygen atoms in total. The van der Waals surface area contributed by atoms with E-state index in [9.17, 15) is 9.59 Å². The zero-order valence-electron chi connectivity index (χ0n) is 13.0. The molecule has 1 heterocycles. The number of carbonyl (C=O) groups is 2. The third kappa shape index (κ3) is 3.96. The van der Waals surface area contributed by atoms with Gasteiger partial charge in [0.1, 0.15) is 0 Å². The van der Waals surface area contributed by atoms with Crippen molar-refractivity contribution in [3.63, 3.8) is 0 Å².